The number of hydrogen-bond acceptors (Lipinski definition) is 0. The lowest BCUT2D eigenvalue weighted by Gasteiger charge is -3.61. The average Bonchev–Trinajstić information content (AvgIpc) is 2.85. The quantitative estimate of drug-likeness (QED) is 0.291. The molecule has 0 aromatic carbocycles. The molecule has 216 valence electrons. The molecule has 0 radical (unpaired) electrons. The smallest absolute Gasteiger partial charge is 0.000347 e. The SMILES string of the molecule is C1C[C@@]23C[C@@]45CC67C[C@]89C[C@]%10%11CC[C@@]%10%12C[C@]%10%13CCC%10%14CC%10%15CC%16%17CC%18%19C[C@]%20%21CC[C@@]%20%22CC12C%221C34C2(C65C3([C@@]%182%16)[C@@]%10%17C2(C%14%15C%13%12[C@@]2%118)[C@@]739)C%191%21. The lowest BCUT2D eigenvalue weighted by molar-refractivity contribution is -1.16. The zero-order chi connectivity index (χ0) is 26.2. The highest BCUT2D eigenvalue weighted by Gasteiger charge is 3.63. The number of rotatable bonds is 0. The summed E-state index contributed by atoms with van der Waals surface area (Å²) in [6.07, 6.45) is 33.1. The normalized spacial score (nSPS) is 125. The van der Waals surface area contributed by atoms with Crippen LogP contribution >= 0.6 is 0 Å². The van der Waals surface area contributed by atoms with Gasteiger partial charge in [0.2, 0.25) is 0 Å². The minimum atomic E-state index is 0.988. The van der Waals surface area contributed by atoms with Gasteiger partial charge in [-0.05, 0) is 262 Å². The molecule has 0 aromatic rings. The van der Waals surface area contributed by atoms with Crippen LogP contribution in [0, 0.1) is 146 Å². The van der Waals surface area contributed by atoms with Crippen molar-refractivity contribution in [3.05, 3.63) is 0 Å². The first-order valence-corrected chi connectivity index (χ1v) is 21.9. The molecule has 28 aliphatic carbocycles. The fraction of sp³-hybridized carbons (Fsp3) is 1.00. The zero-order valence-electron chi connectivity index (χ0n) is 26.2. The van der Waals surface area contributed by atoms with E-state index >= 15 is 0 Å². The summed E-state index contributed by atoms with van der Waals surface area (Å²) in [6.45, 7) is 0. The van der Waals surface area contributed by atoms with Crippen molar-refractivity contribution in [3.63, 3.8) is 0 Å². The highest BCUT2D eigenvalue weighted by molar-refractivity contribution is 6.07. The Kier molecular flexibility index (Phi) is 0.938. The first-order chi connectivity index (χ1) is 21.9. The van der Waals surface area contributed by atoms with Gasteiger partial charge in [0.15, 0.2) is 0 Å². The van der Waals surface area contributed by atoms with E-state index in [2.05, 4.69) is 0 Å². The van der Waals surface area contributed by atoms with E-state index in [9.17, 15) is 0 Å². The van der Waals surface area contributed by atoms with E-state index < -0.39 is 0 Å². The molecule has 0 aliphatic heterocycles. The summed E-state index contributed by atoms with van der Waals surface area (Å²) in [4.78, 5) is 0. The second-order valence-electron chi connectivity index (χ2n) is 28.7. The van der Waals surface area contributed by atoms with Crippen LogP contribution in [0.25, 0.3) is 0 Å². The molecule has 15 unspecified atom stereocenters. The molecule has 45 heavy (non-hydrogen) atoms. The van der Waals surface area contributed by atoms with Gasteiger partial charge < -0.3 is 0 Å². The van der Waals surface area contributed by atoms with Crippen molar-refractivity contribution in [1.29, 1.82) is 0 Å². The van der Waals surface area contributed by atoms with E-state index in [4.69, 9.17) is 0 Å². The Morgan fingerprint density at radius 3 is 0.467 bits per heavy atom. The summed E-state index contributed by atoms with van der Waals surface area (Å²) in [7, 11) is 0. The molecular formula is C45H36. The third kappa shape index (κ3) is 0.387. The summed E-state index contributed by atoms with van der Waals surface area (Å²) < 4.78 is 0. The molecule has 0 N–H and O–H groups in total. The highest BCUT2D eigenvalue weighted by atomic mass is 15.6. The largest absolute Gasteiger partial charge is 0.0459 e. The van der Waals surface area contributed by atoms with E-state index in [1.807, 2.05) is 64.2 Å². The van der Waals surface area contributed by atoms with Crippen molar-refractivity contribution < 1.29 is 0 Å². The maximum Gasteiger partial charge on any atom is -0.000347 e. The molecule has 27 spiro atoms. The standard InChI is InChI=1S/C45H36/c1-5-23-11-27-15-31-17-29-13-25-7-3-21(25)10-22-4-8-26(22)14-30-18-32-16-28-12-24-6-2-20(24)9-19(1,23)33(20)35(23,27)43(36(24,28)33)39(27,31)45(40(28,32)43)41(29,31)44(42(30,32)45)37(25,29)34(21,22)38(26,30)44/h1-18H2/t19-,20-,21-,22?,23?,24-,25-,26-,27?,28-,29?,30-,31?,32?,33?,34?,35?,36-,37?,38?,39+,40-,41-,42?,43?,44?,45?/m1/s1. The molecule has 0 saturated heterocycles. The topological polar surface area (TPSA) is 0 Å². The van der Waals surface area contributed by atoms with Crippen molar-refractivity contribution in [2.24, 2.45) is 146 Å². The van der Waals surface area contributed by atoms with Gasteiger partial charge in [0.1, 0.15) is 0 Å². The second-order valence-corrected chi connectivity index (χ2v) is 28.7. The third-order valence-corrected chi connectivity index (χ3v) is 37.0. The van der Waals surface area contributed by atoms with Crippen molar-refractivity contribution in [2.75, 3.05) is 0 Å². The van der Waals surface area contributed by atoms with E-state index in [-0.39, 0.29) is 0 Å². The van der Waals surface area contributed by atoms with Crippen LogP contribution in [-0.4, -0.2) is 0 Å². The molecule has 27 atom stereocenters. The van der Waals surface area contributed by atoms with E-state index in [0.29, 0.717) is 0 Å². The molecule has 28 fully saturated rings. The second kappa shape index (κ2) is 2.51. The van der Waals surface area contributed by atoms with Crippen LogP contribution in [0.2, 0.25) is 0 Å². The van der Waals surface area contributed by atoms with Gasteiger partial charge in [-0.25, -0.2) is 0 Å². The molecule has 0 aromatic heterocycles. The summed E-state index contributed by atoms with van der Waals surface area (Å²) in [5, 5.41) is 0. The molecule has 0 bridgehead atoms. The van der Waals surface area contributed by atoms with Crippen LogP contribution in [0.5, 0.6) is 0 Å². The van der Waals surface area contributed by atoms with Gasteiger partial charge in [-0.1, -0.05) is 0 Å². The van der Waals surface area contributed by atoms with E-state index in [0.717, 1.165) is 146 Å². The molecule has 28 saturated carbocycles. The monoisotopic (exact) mass is 576 g/mol. The molecule has 0 heterocycles. The molecule has 28 rings (SSSR count). The zero-order valence-corrected chi connectivity index (χ0v) is 26.2. The van der Waals surface area contributed by atoms with Gasteiger partial charge in [-0.3, -0.25) is 0 Å². The van der Waals surface area contributed by atoms with Gasteiger partial charge in [0, 0.05) is 0 Å². The Bertz CT molecular complexity index is 2320. The van der Waals surface area contributed by atoms with E-state index in [1.54, 1.807) is 51.4 Å². The van der Waals surface area contributed by atoms with Gasteiger partial charge in [0.25, 0.3) is 0 Å². The summed E-state index contributed by atoms with van der Waals surface area (Å²) in [6, 6.07) is 0. The third-order valence-electron chi connectivity index (χ3n) is 37.0. The lowest BCUT2D eigenvalue weighted by atomic mass is 8.41. The maximum absolute atomic E-state index is 1.93. The van der Waals surface area contributed by atoms with Gasteiger partial charge in [-0.15, -0.1) is 0 Å². The molecular weight excluding hydrogens is 540 g/mol. The van der Waals surface area contributed by atoms with Gasteiger partial charge >= 0.3 is 0 Å². The summed E-state index contributed by atoms with van der Waals surface area (Å²) >= 11 is 0. The van der Waals surface area contributed by atoms with Crippen LogP contribution in [0.3, 0.4) is 0 Å². The Labute approximate surface area is 261 Å². The predicted octanol–water partition coefficient (Wildman–Crippen LogP) is 7.02. The fourth-order valence-corrected chi connectivity index (χ4v) is 45.7. The molecule has 0 nitrogen and oxygen atoms in total. The van der Waals surface area contributed by atoms with E-state index in [1.165, 1.54) is 0 Å². The lowest BCUT2D eigenvalue weighted by Crippen LogP contribution is -3.59. The Hall–Kier alpha value is 0. The minimum Gasteiger partial charge on any atom is -0.0459 e. The minimum absolute atomic E-state index is 0.988. The first kappa shape index (κ1) is 16.8. The van der Waals surface area contributed by atoms with Crippen molar-refractivity contribution in [3.8, 4) is 0 Å². The molecule has 28 aliphatic rings. The maximum atomic E-state index is 1.93. The first-order valence-electron chi connectivity index (χ1n) is 21.9. The predicted molar refractivity (Wildman–Crippen MR) is 149 cm³/mol. The van der Waals surface area contributed by atoms with Crippen molar-refractivity contribution >= 4 is 0 Å². The van der Waals surface area contributed by atoms with Crippen molar-refractivity contribution in [1.82, 2.24) is 0 Å². The molecule has 0 heteroatoms. The van der Waals surface area contributed by atoms with Crippen LogP contribution < -0.4 is 0 Å². The van der Waals surface area contributed by atoms with Crippen LogP contribution in [0.15, 0.2) is 0 Å². The van der Waals surface area contributed by atoms with Crippen molar-refractivity contribution in [2.45, 2.75) is 116 Å². The average molecular weight is 577 g/mol. The Morgan fingerprint density at radius 2 is 0.267 bits per heavy atom. The Balaban J connectivity index is 0.886. The van der Waals surface area contributed by atoms with Crippen LogP contribution in [-0.2, 0) is 0 Å². The summed E-state index contributed by atoms with van der Waals surface area (Å²) in [5.74, 6) is 0. The fourth-order valence-electron chi connectivity index (χ4n) is 45.7. The summed E-state index contributed by atoms with van der Waals surface area (Å²) in [5.41, 5.74) is 27.6. The van der Waals surface area contributed by atoms with Gasteiger partial charge in [0.05, 0.1) is 0 Å². The Morgan fingerprint density at radius 1 is 0.133 bits per heavy atom. The number of hydrogen-bond donors (Lipinski definition) is 0. The van der Waals surface area contributed by atoms with Crippen LogP contribution in [0.4, 0.5) is 0 Å². The van der Waals surface area contributed by atoms with Gasteiger partial charge in [-0.2, -0.15) is 0 Å². The highest BCUT2D eigenvalue weighted by Crippen LogP contribution is 3.65. The molecule has 0 amide bonds. The van der Waals surface area contributed by atoms with Crippen LogP contribution in [0.1, 0.15) is 116 Å².